The summed E-state index contributed by atoms with van der Waals surface area (Å²) >= 11 is 0. The zero-order valence-corrected chi connectivity index (χ0v) is 14.3. The summed E-state index contributed by atoms with van der Waals surface area (Å²) in [5.74, 6) is -0.876. The van der Waals surface area contributed by atoms with Crippen molar-refractivity contribution >= 4 is 21.8 Å². The van der Waals surface area contributed by atoms with Gasteiger partial charge >= 0.3 is 0 Å². The number of aromatic amines is 1. The molecule has 0 saturated carbocycles. The summed E-state index contributed by atoms with van der Waals surface area (Å²) in [6.45, 7) is -2.77. The highest BCUT2D eigenvalue weighted by atomic mass is 32.2. The smallest absolute Gasteiger partial charge is 0.197 e. The van der Waals surface area contributed by atoms with Crippen molar-refractivity contribution < 1.29 is 22.7 Å². The lowest BCUT2D eigenvalue weighted by Gasteiger charge is -2.08. The molecule has 0 aliphatic carbocycles. The highest BCUT2D eigenvalue weighted by Gasteiger charge is 2.15. The van der Waals surface area contributed by atoms with E-state index < -0.39 is 53.3 Å². The van der Waals surface area contributed by atoms with Crippen molar-refractivity contribution in [2.75, 3.05) is 7.11 Å². The fourth-order valence-electron chi connectivity index (χ4n) is 2.33. The highest BCUT2D eigenvalue weighted by molar-refractivity contribution is 7.84. The molecule has 3 aromatic heterocycles. The molecule has 6 nitrogen and oxygen atoms in total. The molecule has 0 bridgehead atoms. The van der Waals surface area contributed by atoms with E-state index in [1.54, 1.807) is 0 Å². The molecular weight excluding hydrogens is 348 g/mol. The van der Waals surface area contributed by atoms with Crippen molar-refractivity contribution in [1.29, 1.82) is 0 Å². The van der Waals surface area contributed by atoms with Gasteiger partial charge in [-0.05, 0) is 43.2 Å². The third kappa shape index (κ3) is 3.01. The quantitative estimate of drug-likeness (QED) is 0.580. The van der Waals surface area contributed by atoms with Crippen molar-refractivity contribution in [3.63, 3.8) is 0 Å². The molecule has 0 saturated heterocycles. The zero-order chi connectivity index (χ0) is 26.7. The van der Waals surface area contributed by atoms with Gasteiger partial charge in [-0.3, -0.25) is 9.19 Å². The number of methoxy groups -OCH3 is 1. The van der Waals surface area contributed by atoms with Crippen molar-refractivity contribution in [3.8, 4) is 11.4 Å². The van der Waals surface area contributed by atoms with Crippen LogP contribution < -0.4 is 4.74 Å². The standard InChI is InChI=1S/C19H18N4O2S/c1-13-17(20-8-7-18(13)25-2)12-26(24)19-21-15-6-5-14(11-16(15)22-19)23-9-3-4-10-23/h3-11H,12H2,1-2H3,(H,21,22)/i1D3,3D,4D,7D,8D,9D,10D/hD. The molecule has 1 unspecified atom stereocenters. The topological polar surface area (TPSA) is 72.8 Å². The van der Waals surface area contributed by atoms with Gasteiger partial charge in [-0.2, -0.15) is 0 Å². The van der Waals surface area contributed by atoms with E-state index in [0.29, 0.717) is 0 Å². The molecule has 1 aromatic carbocycles. The molecule has 4 rings (SSSR count). The van der Waals surface area contributed by atoms with Crippen molar-refractivity contribution in [1.82, 2.24) is 19.5 Å². The molecule has 26 heavy (non-hydrogen) atoms. The normalized spacial score (nSPS) is 18.3. The minimum absolute atomic E-state index is 0.181. The monoisotopic (exact) mass is 376 g/mol. The van der Waals surface area contributed by atoms with Crippen LogP contribution in [0.1, 0.15) is 23.6 Å². The number of benzene rings is 1. The summed E-state index contributed by atoms with van der Waals surface area (Å²) in [5.41, 5.74) is -0.0180. The number of H-pyrrole nitrogens is 1. The van der Waals surface area contributed by atoms with E-state index in [2.05, 4.69) is 9.97 Å². The lowest BCUT2D eigenvalue weighted by atomic mass is 10.2. The number of aromatic nitrogens is 4. The Morgan fingerprint density at radius 2 is 2.27 bits per heavy atom. The predicted molar refractivity (Wildman–Crippen MR) is 101 cm³/mol. The van der Waals surface area contributed by atoms with Gasteiger partial charge < -0.3 is 14.3 Å². The van der Waals surface area contributed by atoms with E-state index in [-0.39, 0.29) is 45.7 Å². The van der Waals surface area contributed by atoms with Crippen LogP contribution in [0.4, 0.5) is 0 Å². The molecule has 1 N–H and O–H groups in total. The highest BCUT2D eigenvalue weighted by Crippen LogP contribution is 2.22. The fraction of sp³-hybridized carbons (Fsp3) is 0.158. The van der Waals surface area contributed by atoms with Crippen molar-refractivity contribution in [2.24, 2.45) is 0 Å². The Labute approximate surface area is 167 Å². The van der Waals surface area contributed by atoms with Crippen LogP contribution in [0.5, 0.6) is 5.75 Å². The van der Waals surface area contributed by atoms with Crippen molar-refractivity contribution in [3.05, 3.63) is 66.1 Å². The Morgan fingerprint density at radius 3 is 3.04 bits per heavy atom. The van der Waals surface area contributed by atoms with Crippen LogP contribution in [0, 0.1) is 6.85 Å². The van der Waals surface area contributed by atoms with E-state index in [4.69, 9.17) is 18.5 Å². The van der Waals surface area contributed by atoms with Gasteiger partial charge in [0.2, 0.25) is 0 Å². The second kappa shape index (κ2) is 6.76. The van der Waals surface area contributed by atoms with Crippen LogP contribution in [-0.2, 0) is 16.6 Å². The van der Waals surface area contributed by atoms with E-state index >= 15 is 0 Å². The van der Waals surface area contributed by atoms with E-state index in [1.165, 1.54) is 18.2 Å². The Kier molecular flexibility index (Phi) is 2.25. The molecule has 0 amide bonds. The van der Waals surface area contributed by atoms with Gasteiger partial charge in [0.1, 0.15) is 5.75 Å². The summed E-state index contributed by atoms with van der Waals surface area (Å²) < 4.78 is 98.4. The van der Waals surface area contributed by atoms with Gasteiger partial charge in [0.15, 0.2) is 6.57 Å². The summed E-state index contributed by atoms with van der Waals surface area (Å²) in [6.07, 6.45) is -1.28. The molecule has 3 heterocycles. The average molecular weight is 377 g/mol. The Bertz CT molecular complexity index is 1520. The number of rotatable bonds is 5. The first-order valence-corrected chi connectivity index (χ1v) is 8.69. The Morgan fingerprint density at radius 1 is 1.42 bits per heavy atom. The number of nitrogens with one attached hydrogen (secondary N) is 1. The minimum atomic E-state index is -2.77. The number of hydrogen-bond donors (Lipinski definition) is 1. The van der Waals surface area contributed by atoms with Crippen LogP contribution >= 0.6 is 0 Å². The Hall–Kier alpha value is -2.93. The Balaban J connectivity index is 1.79. The fourth-order valence-corrected chi connectivity index (χ4v) is 3.32. The molecular formula is C19H18N4O2S. The summed E-state index contributed by atoms with van der Waals surface area (Å²) in [5, 5.41) is -0.243. The SMILES string of the molecule is [2H]c1nc(CS(=O)c2nc3cc(-n4c([2H])c([2H])c([2H])c4[2H])ccc3n2[2H])c(C([2H])([2H])[2H])c(OC)c1[2H]. The van der Waals surface area contributed by atoms with E-state index in [9.17, 15) is 4.21 Å². The lowest BCUT2D eigenvalue weighted by Crippen LogP contribution is -2.03. The second-order valence-corrected chi connectivity index (χ2v) is 6.53. The molecule has 0 radical (unpaired) electrons. The average Bonchev–Trinajstić information content (AvgIpc) is 3.23. The molecule has 4 aromatic rings. The van der Waals surface area contributed by atoms with Crippen LogP contribution in [0.25, 0.3) is 16.7 Å². The maximum absolute atomic E-state index is 13.2. The third-order valence-corrected chi connectivity index (χ3v) is 4.72. The molecule has 7 heteroatoms. The van der Waals surface area contributed by atoms with Gasteiger partial charge in [0, 0.05) is 33.9 Å². The number of pyridine rings is 1. The maximum atomic E-state index is 13.2. The predicted octanol–water partition coefficient (Wildman–Crippen LogP) is 3.37. The second-order valence-electron chi connectivity index (χ2n) is 5.18. The number of nitrogens with zero attached hydrogens (tertiary/aromatic N) is 3. The summed E-state index contributed by atoms with van der Waals surface area (Å²) in [7, 11) is -0.938. The first kappa shape index (κ1) is 8.64. The lowest BCUT2D eigenvalue weighted by molar-refractivity contribution is 0.410. The molecule has 0 aliphatic heterocycles. The first-order valence-electron chi connectivity index (χ1n) is 12.3. The summed E-state index contributed by atoms with van der Waals surface area (Å²) in [4.78, 5) is 8.87. The van der Waals surface area contributed by atoms with Crippen molar-refractivity contribution in [2.45, 2.75) is 17.8 Å². The summed E-state index contributed by atoms with van der Waals surface area (Å²) in [6, 6.07) is 3.00. The van der Waals surface area contributed by atoms with Gasteiger partial charge in [0.25, 0.3) is 0 Å². The molecule has 0 aliphatic rings. The maximum Gasteiger partial charge on any atom is 0.197 e. The molecule has 0 spiro atoms. The first-order chi connectivity index (χ1) is 16.8. The molecule has 0 fully saturated rings. The van der Waals surface area contributed by atoms with Gasteiger partial charge in [-0.15, -0.1) is 0 Å². The minimum Gasteiger partial charge on any atom is -0.496 e. The van der Waals surface area contributed by atoms with Crippen LogP contribution in [0.15, 0.2) is 60.0 Å². The van der Waals surface area contributed by atoms with E-state index in [1.807, 2.05) is 0 Å². The molecule has 1 atom stereocenters. The van der Waals surface area contributed by atoms with Gasteiger partial charge in [-0.25, -0.2) is 4.98 Å². The number of ether oxygens (including phenoxy) is 1. The third-order valence-electron chi connectivity index (χ3n) is 3.60. The number of imidazole rings is 1. The largest absolute Gasteiger partial charge is 0.496 e. The van der Waals surface area contributed by atoms with Crippen LogP contribution in [0.3, 0.4) is 0 Å². The number of fused-ring (bicyclic) bond motifs is 1. The van der Waals surface area contributed by atoms with Crippen LogP contribution in [-0.4, -0.2) is 30.8 Å². The number of hydrogen-bond acceptors (Lipinski definition) is 4. The van der Waals surface area contributed by atoms with Gasteiger partial charge in [0.05, 0.1) is 48.6 Å². The van der Waals surface area contributed by atoms with E-state index in [0.717, 1.165) is 16.7 Å². The van der Waals surface area contributed by atoms with Gasteiger partial charge in [-0.1, -0.05) is 0 Å². The van der Waals surface area contributed by atoms with Crippen LogP contribution in [0.2, 0.25) is 1.41 Å². The zero-order valence-electron chi connectivity index (χ0n) is 23.5. The molecule has 132 valence electrons.